The number of aromatic nitrogens is 2. The first kappa shape index (κ1) is 18.6. The number of ether oxygens (including phenoxy) is 1. The quantitative estimate of drug-likeness (QED) is 0.773. The zero-order valence-corrected chi connectivity index (χ0v) is 16.3. The number of amides is 1. The standard InChI is InChI=1S/C19H25N3O3S/c1-4-12(3)25-19(24)16-14-8-6-7-9-15(14)26-18(16)21-17(23)13-10-20-22(5-2)11-13/h10-12H,4-9H2,1-3H3,(H,21,23)/t12-/m1/s1. The van der Waals surface area contributed by atoms with E-state index in [1.54, 1.807) is 17.1 Å². The van der Waals surface area contributed by atoms with Gasteiger partial charge >= 0.3 is 5.97 Å². The molecule has 1 amide bonds. The van der Waals surface area contributed by atoms with Gasteiger partial charge in [-0.2, -0.15) is 5.10 Å². The van der Waals surface area contributed by atoms with Crippen LogP contribution in [0.15, 0.2) is 12.4 Å². The van der Waals surface area contributed by atoms with E-state index in [0.29, 0.717) is 22.7 Å². The van der Waals surface area contributed by atoms with Crippen LogP contribution >= 0.6 is 11.3 Å². The first-order valence-electron chi connectivity index (χ1n) is 9.22. The first-order chi connectivity index (χ1) is 12.5. The summed E-state index contributed by atoms with van der Waals surface area (Å²) in [6, 6.07) is 0. The van der Waals surface area contributed by atoms with E-state index in [-0.39, 0.29) is 18.0 Å². The fourth-order valence-electron chi connectivity index (χ4n) is 3.02. The zero-order chi connectivity index (χ0) is 18.7. The fraction of sp³-hybridized carbons (Fsp3) is 0.526. The van der Waals surface area contributed by atoms with E-state index in [9.17, 15) is 9.59 Å². The lowest BCUT2D eigenvalue weighted by Gasteiger charge is -2.15. The number of fused-ring (bicyclic) bond motifs is 1. The third-order valence-corrected chi connectivity index (χ3v) is 5.91. The molecule has 0 saturated heterocycles. The average molecular weight is 375 g/mol. The summed E-state index contributed by atoms with van der Waals surface area (Å²) in [6.45, 7) is 6.53. The minimum Gasteiger partial charge on any atom is -0.459 e. The number of rotatable bonds is 6. The van der Waals surface area contributed by atoms with Gasteiger partial charge in [0.15, 0.2) is 0 Å². The van der Waals surface area contributed by atoms with Crippen LogP contribution in [0, 0.1) is 0 Å². The summed E-state index contributed by atoms with van der Waals surface area (Å²) < 4.78 is 7.26. The molecule has 2 aromatic heterocycles. The lowest BCUT2D eigenvalue weighted by atomic mass is 9.95. The molecule has 1 aliphatic rings. The fourth-order valence-corrected chi connectivity index (χ4v) is 4.30. The number of aryl methyl sites for hydroxylation is 2. The summed E-state index contributed by atoms with van der Waals surface area (Å²) in [5, 5.41) is 7.65. The van der Waals surface area contributed by atoms with Crippen LogP contribution in [0.25, 0.3) is 0 Å². The number of carbonyl (C=O) groups excluding carboxylic acids is 2. The van der Waals surface area contributed by atoms with Gasteiger partial charge in [-0.1, -0.05) is 6.92 Å². The highest BCUT2D eigenvalue weighted by molar-refractivity contribution is 7.17. The number of carbonyl (C=O) groups is 2. The summed E-state index contributed by atoms with van der Waals surface area (Å²) in [5.41, 5.74) is 2.08. The molecule has 7 heteroatoms. The van der Waals surface area contributed by atoms with Crippen molar-refractivity contribution in [3.05, 3.63) is 34.0 Å². The molecular weight excluding hydrogens is 350 g/mol. The van der Waals surface area contributed by atoms with Gasteiger partial charge in [-0.3, -0.25) is 9.48 Å². The van der Waals surface area contributed by atoms with Crippen LogP contribution in [0.4, 0.5) is 5.00 Å². The van der Waals surface area contributed by atoms with Crippen molar-refractivity contribution >= 4 is 28.2 Å². The van der Waals surface area contributed by atoms with Crippen LogP contribution < -0.4 is 5.32 Å². The maximum Gasteiger partial charge on any atom is 0.341 e. The van der Waals surface area contributed by atoms with Gasteiger partial charge in [0, 0.05) is 17.6 Å². The summed E-state index contributed by atoms with van der Waals surface area (Å²) >= 11 is 1.50. The molecule has 0 bridgehead atoms. The van der Waals surface area contributed by atoms with Crippen molar-refractivity contribution in [1.82, 2.24) is 9.78 Å². The molecular formula is C19H25N3O3S. The van der Waals surface area contributed by atoms with Gasteiger partial charge in [0.1, 0.15) is 5.00 Å². The highest BCUT2D eigenvalue weighted by Crippen LogP contribution is 2.39. The van der Waals surface area contributed by atoms with E-state index in [0.717, 1.165) is 37.7 Å². The molecule has 0 fully saturated rings. The van der Waals surface area contributed by atoms with E-state index in [1.165, 1.54) is 16.2 Å². The second-order valence-electron chi connectivity index (χ2n) is 6.58. The van der Waals surface area contributed by atoms with Crippen molar-refractivity contribution < 1.29 is 14.3 Å². The van der Waals surface area contributed by atoms with Crippen LogP contribution in [-0.2, 0) is 24.1 Å². The summed E-state index contributed by atoms with van der Waals surface area (Å²) in [6.07, 6.45) is 7.86. The maximum atomic E-state index is 12.8. The first-order valence-corrected chi connectivity index (χ1v) is 10.0. The van der Waals surface area contributed by atoms with Crippen LogP contribution in [-0.4, -0.2) is 27.8 Å². The van der Waals surface area contributed by atoms with Crippen molar-refractivity contribution in [3.63, 3.8) is 0 Å². The molecule has 3 rings (SSSR count). The molecule has 0 aromatic carbocycles. The van der Waals surface area contributed by atoms with Crippen LogP contribution in [0.5, 0.6) is 0 Å². The Kier molecular flexibility index (Phi) is 5.76. The highest BCUT2D eigenvalue weighted by atomic mass is 32.1. The third-order valence-electron chi connectivity index (χ3n) is 4.71. The predicted octanol–water partition coefficient (Wildman–Crippen LogP) is 4.05. The number of hydrogen-bond donors (Lipinski definition) is 1. The number of nitrogens with zero attached hydrogens (tertiary/aromatic N) is 2. The molecule has 0 radical (unpaired) electrons. The molecule has 1 N–H and O–H groups in total. The van der Waals surface area contributed by atoms with Crippen LogP contribution in [0.1, 0.15) is 71.2 Å². The lowest BCUT2D eigenvalue weighted by molar-refractivity contribution is 0.0335. The van der Waals surface area contributed by atoms with Crippen LogP contribution in [0.3, 0.4) is 0 Å². The normalized spacial score (nSPS) is 14.6. The van der Waals surface area contributed by atoms with E-state index in [2.05, 4.69) is 10.4 Å². The zero-order valence-electron chi connectivity index (χ0n) is 15.5. The molecule has 26 heavy (non-hydrogen) atoms. The molecule has 2 heterocycles. The SMILES string of the molecule is CC[C@@H](C)OC(=O)c1c(NC(=O)c2cnn(CC)c2)sc2c1CCCC2. The van der Waals surface area contributed by atoms with Gasteiger partial charge in [0.25, 0.3) is 5.91 Å². The largest absolute Gasteiger partial charge is 0.459 e. The Morgan fingerprint density at radius 1 is 1.35 bits per heavy atom. The highest BCUT2D eigenvalue weighted by Gasteiger charge is 2.28. The smallest absolute Gasteiger partial charge is 0.341 e. The van der Waals surface area contributed by atoms with Gasteiger partial charge in [-0.25, -0.2) is 4.79 Å². The third kappa shape index (κ3) is 3.82. The summed E-state index contributed by atoms with van der Waals surface area (Å²) in [5.74, 6) is -0.584. The molecule has 140 valence electrons. The Morgan fingerprint density at radius 3 is 2.81 bits per heavy atom. The van der Waals surface area contributed by atoms with E-state index >= 15 is 0 Å². The van der Waals surface area contributed by atoms with E-state index in [1.807, 2.05) is 20.8 Å². The molecule has 0 saturated carbocycles. The van der Waals surface area contributed by atoms with Crippen molar-refractivity contribution in [3.8, 4) is 0 Å². The molecule has 1 aliphatic carbocycles. The van der Waals surface area contributed by atoms with Crippen molar-refractivity contribution in [1.29, 1.82) is 0 Å². The predicted molar refractivity (Wildman–Crippen MR) is 102 cm³/mol. The lowest BCUT2D eigenvalue weighted by Crippen LogP contribution is -2.18. The molecule has 0 unspecified atom stereocenters. The molecule has 0 aliphatic heterocycles. The molecule has 6 nitrogen and oxygen atoms in total. The Labute approximate surface area is 157 Å². The van der Waals surface area contributed by atoms with Gasteiger partial charge in [-0.05, 0) is 51.5 Å². The Bertz CT molecular complexity index is 809. The second-order valence-corrected chi connectivity index (χ2v) is 7.68. The number of anilines is 1. The Hall–Kier alpha value is -2.15. The summed E-state index contributed by atoms with van der Waals surface area (Å²) in [7, 11) is 0. The molecule has 0 spiro atoms. The van der Waals surface area contributed by atoms with Gasteiger partial charge < -0.3 is 10.1 Å². The van der Waals surface area contributed by atoms with Crippen molar-refractivity contribution in [2.75, 3.05) is 5.32 Å². The maximum absolute atomic E-state index is 12.8. The van der Waals surface area contributed by atoms with Crippen molar-refractivity contribution in [2.45, 2.75) is 65.5 Å². The van der Waals surface area contributed by atoms with Gasteiger partial charge in [-0.15, -0.1) is 11.3 Å². The Morgan fingerprint density at radius 2 is 2.12 bits per heavy atom. The number of thiophene rings is 1. The molecule has 2 aromatic rings. The topological polar surface area (TPSA) is 73.2 Å². The van der Waals surface area contributed by atoms with Gasteiger partial charge in [0.2, 0.25) is 0 Å². The number of esters is 1. The number of hydrogen-bond acceptors (Lipinski definition) is 5. The average Bonchev–Trinajstić information content (AvgIpc) is 3.25. The van der Waals surface area contributed by atoms with E-state index in [4.69, 9.17) is 4.74 Å². The Balaban J connectivity index is 1.89. The van der Waals surface area contributed by atoms with Crippen LogP contribution in [0.2, 0.25) is 0 Å². The second kappa shape index (κ2) is 8.03. The van der Waals surface area contributed by atoms with E-state index < -0.39 is 0 Å². The number of nitrogens with one attached hydrogen (secondary N) is 1. The molecule has 1 atom stereocenters. The monoisotopic (exact) mass is 375 g/mol. The van der Waals surface area contributed by atoms with Crippen molar-refractivity contribution in [2.24, 2.45) is 0 Å². The minimum atomic E-state index is -0.335. The summed E-state index contributed by atoms with van der Waals surface area (Å²) in [4.78, 5) is 26.5. The minimum absolute atomic E-state index is 0.145. The van der Waals surface area contributed by atoms with Gasteiger partial charge in [0.05, 0.1) is 23.4 Å².